The van der Waals surface area contributed by atoms with Crippen LogP contribution in [0.3, 0.4) is 0 Å². The van der Waals surface area contributed by atoms with Gasteiger partial charge in [-0.3, -0.25) is 0 Å². The van der Waals surface area contributed by atoms with Gasteiger partial charge >= 0.3 is 0 Å². The van der Waals surface area contributed by atoms with Crippen molar-refractivity contribution in [2.24, 2.45) is 0 Å². The maximum Gasteiger partial charge on any atom is 0.159 e. The Morgan fingerprint density at radius 2 is 1.91 bits per heavy atom. The lowest BCUT2D eigenvalue weighted by molar-refractivity contribution is 0.416. The molecule has 3 nitrogen and oxygen atoms in total. The van der Waals surface area contributed by atoms with Crippen LogP contribution in [0.25, 0.3) is 22.0 Å². The molecule has 0 N–H and O–H groups in total. The molecule has 0 amide bonds. The number of rotatable bonds is 3. The third-order valence-electron chi connectivity index (χ3n) is 4.23. The fraction of sp³-hybridized carbons (Fsp3) is 0.222. The van der Waals surface area contributed by atoms with E-state index in [1.54, 1.807) is 7.11 Å². The largest absolute Gasteiger partial charge is 0.496 e. The van der Waals surface area contributed by atoms with Crippen molar-refractivity contribution >= 4 is 38.3 Å². The molecule has 0 radical (unpaired) electrons. The standard InChI is InChI=1S/C18H14BrClN2O/c1-23-16-8-11(10-2-3-10)4-6-14(16)17-13-7-5-12(19)9-15(13)18(20)22-21-17/h4-10H,2-3H2,1H3. The summed E-state index contributed by atoms with van der Waals surface area (Å²) in [5.74, 6) is 1.51. The van der Waals surface area contributed by atoms with Crippen LogP contribution < -0.4 is 4.74 Å². The van der Waals surface area contributed by atoms with Crippen molar-refractivity contribution < 1.29 is 4.74 Å². The lowest BCUT2D eigenvalue weighted by atomic mass is 10.0. The molecule has 1 aliphatic carbocycles. The molecule has 0 spiro atoms. The molecular formula is C18H14BrClN2O. The van der Waals surface area contributed by atoms with Gasteiger partial charge in [0.05, 0.1) is 7.11 Å². The van der Waals surface area contributed by atoms with E-state index in [1.165, 1.54) is 18.4 Å². The molecule has 0 atom stereocenters. The molecule has 4 rings (SSSR count). The molecule has 1 saturated carbocycles. The molecule has 23 heavy (non-hydrogen) atoms. The predicted octanol–water partition coefficient (Wildman–Crippen LogP) is 5.60. The Morgan fingerprint density at radius 3 is 2.65 bits per heavy atom. The number of hydrogen-bond acceptors (Lipinski definition) is 3. The van der Waals surface area contributed by atoms with Crippen molar-refractivity contribution in [3.8, 4) is 17.0 Å². The smallest absolute Gasteiger partial charge is 0.159 e. The Morgan fingerprint density at radius 1 is 1.09 bits per heavy atom. The molecule has 3 aromatic rings. The minimum absolute atomic E-state index is 0.401. The first-order chi connectivity index (χ1) is 11.2. The van der Waals surface area contributed by atoms with Gasteiger partial charge in [-0.15, -0.1) is 10.2 Å². The zero-order valence-electron chi connectivity index (χ0n) is 12.5. The van der Waals surface area contributed by atoms with Gasteiger partial charge in [0.2, 0.25) is 0 Å². The molecule has 1 aliphatic rings. The minimum Gasteiger partial charge on any atom is -0.496 e. The number of ether oxygens (including phenoxy) is 1. The van der Waals surface area contributed by atoms with Gasteiger partial charge in [0.15, 0.2) is 5.15 Å². The molecule has 1 fully saturated rings. The molecule has 1 aromatic heterocycles. The van der Waals surface area contributed by atoms with Gasteiger partial charge in [-0.05, 0) is 48.6 Å². The average molecular weight is 390 g/mol. The van der Waals surface area contributed by atoms with Crippen molar-refractivity contribution in [2.75, 3.05) is 7.11 Å². The van der Waals surface area contributed by atoms with E-state index in [9.17, 15) is 0 Å². The molecule has 2 aromatic carbocycles. The van der Waals surface area contributed by atoms with Crippen LogP contribution in [-0.4, -0.2) is 17.3 Å². The Balaban J connectivity index is 1.93. The van der Waals surface area contributed by atoms with Crippen LogP contribution in [0.4, 0.5) is 0 Å². The highest BCUT2D eigenvalue weighted by Gasteiger charge is 2.25. The van der Waals surface area contributed by atoms with Gasteiger partial charge in [0.1, 0.15) is 11.4 Å². The Bertz CT molecular complexity index is 909. The van der Waals surface area contributed by atoms with E-state index in [-0.39, 0.29) is 0 Å². The second-order valence-electron chi connectivity index (χ2n) is 5.76. The summed E-state index contributed by atoms with van der Waals surface area (Å²) in [4.78, 5) is 0. The molecule has 116 valence electrons. The van der Waals surface area contributed by atoms with E-state index in [2.05, 4.69) is 44.3 Å². The molecule has 1 heterocycles. The monoisotopic (exact) mass is 388 g/mol. The highest BCUT2D eigenvalue weighted by molar-refractivity contribution is 9.10. The number of benzene rings is 2. The second kappa shape index (κ2) is 5.77. The zero-order chi connectivity index (χ0) is 16.0. The predicted molar refractivity (Wildman–Crippen MR) is 96.2 cm³/mol. The quantitative estimate of drug-likeness (QED) is 0.585. The second-order valence-corrected chi connectivity index (χ2v) is 7.04. The summed E-state index contributed by atoms with van der Waals surface area (Å²) in [6, 6.07) is 12.3. The van der Waals surface area contributed by atoms with Gasteiger partial charge in [-0.25, -0.2) is 0 Å². The molecule has 0 aliphatic heterocycles. The zero-order valence-corrected chi connectivity index (χ0v) is 14.9. The van der Waals surface area contributed by atoms with Crippen LogP contribution >= 0.6 is 27.5 Å². The first-order valence-electron chi connectivity index (χ1n) is 7.47. The van der Waals surface area contributed by atoms with Gasteiger partial charge in [0, 0.05) is 20.8 Å². The van der Waals surface area contributed by atoms with Gasteiger partial charge in [-0.2, -0.15) is 0 Å². The summed E-state index contributed by atoms with van der Waals surface area (Å²) in [7, 11) is 1.69. The maximum atomic E-state index is 6.21. The van der Waals surface area contributed by atoms with Crippen molar-refractivity contribution in [2.45, 2.75) is 18.8 Å². The number of methoxy groups -OCH3 is 1. The van der Waals surface area contributed by atoms with Gasteiger partial charge in [0.25, 0.3) is 0 Å². The highest BCUT2D eigenvalue weighted by atomic mass is 79.9. The normalized spacial score (nSPS) is 14.2. The topological polar surface area (TPSA) is 35.0 Å². The van der Waals surface area contributed by atoms with Crippen LogP contribution in [0.15, 0.2) is 40.9 Å². The average Bonchev–Trinajstić information content (AvgIpc) is 3.40. The summed E-state index contributed by atoms with van der Waals surface area (Å²) in [6.07, 6.45) is 2.53. The Kier molecular flexibility index (Phi) is 3.74. The lowest BCUT2D eigenvalue weighted by Gasteiger charge is -2.12. The molecule has 0 saturated heterocycles. The fourth-order valence-electron chi connectivity index (χ4n) is 2.87. The third-order valence-corrected chi connectivity index (χ3v) is 5.00. The van der Waals surface area contributed by atoms with E-state index < -0.39 is 0 Å². The summed E-state index contributed by atoms with van der Waals surface area (Å²) < 4.78 is 6.57. The van der Waals surface area contributed by atoms with Crippen molar-refractivity contribution in [3.63, 3.8) is 0 Å². The Hall–Kier alpha value is -1.65. The first-order valence-corrected chi connectivity index (χ1v) is 8.64. The van der Waals surface area contributed by atoms with Crippen molar-refractivity contribution in [1.29, 1.82) is 0 Å². The fourth-order valence-corrected chi connectivity index (χ4v) is 3.42. The highest BCUT2D eigenvalue weighted by Crippen LogP contribution is 2.43. The summed E-state index contributed by atoms with van der Waals surface area (Å²) >= 11 is 9.69. The van der Waals surface area contributed by atoms with Gasteiger partial charge < -0.3 is 4.74 Å². The van der Waals surface area contributed by atoms with Crippen molar-refractivity contribution in [3.05, 3.63) is 51.6 Å². The summed E-state index contributed by atoms with van der Waals surface area (Å²) in [6.45, 7) is 0. The van der Waals surface area contributed by atoms with E-state index in [1.807, 2.05) is 18.2 Å². The molecular weight excluding hydrogens is 376 g/mol. The number of halogens is 2. The first kappa shape index (κ1) is 14.9. The third kappa shape index (κ3) is 2.70. The van der Waals surface area contributed by atoms with Crippen LogP contribution in [0.2, 0.25) is 5.15 Å². The molecule has 0 bridgehead atoms. The van der Waals surface area contributed by atoms with Crippen LogP contribution in [0.1, 0.15) is 24.3 Å². The van der Waals surface area contributed by atoms with E-state index in [0.717, 1.165) is 32.3 Å². The van der Waals surface area contributed by atoms with Crippen LogP contribution in [0.5, 0.6) is 5.75 Å². The SMILES string of the molecule is COc1cc(C2CC2)ccc1-c1nnc(Cl)c2cc(Br)ccc12. The number of nitrogens with zero attached hydrogens (tertiary/aromatic N) is 2. The van der Waals surface area contributed by atoms with E-state index in [4.69, 9.17) is 16.3 Å². The summed E-state index contributed by atoms with van der Waals surface area (Å²) in [5.41, 5.74) is 3.06. The molecule has 0 unspecified atom stereocenters. The summed E-state index contributed by atoms with van der Waals surface area (Å²) in [5, 5.41) is 10.7. The minimum atomic E-state index is 0.401. The number of aromatic nitrogens is 2. The number of fused-ring (bicyclic) bond motifs is 1. The Labute approximate surface area is 147 Å². The maximum absolute atomic E-state index is 6.21. The van der Waals surface area contributed by atoms with E-state index in [0.29, 0.717) is 11.1 Å². The van der Waals surface area contributed by atoms with E-state index >= 15 is 0 Å². The van der Waals surface area contributed by atoms with Gasteiger partial charge in [-0.1, -0.05) is 39.7 Å². The van der Waals surface area contributed by atoms with Crippen LogP contribution in [-0.2, 0) is 0 Å². The van der Waals surface area contributed by atoms with Crippen molar-refractivity contribution in [1.82, 2.24) is 10.2 Å². The number of hydrogen-bond donors (Lipinski definition) is 0. The molecule has 5 heteroatoms. The van der Waals surface area contributed by atoms with Crippen LogP contribution in [0, 0.1) is 0 Å². The lowest BCUT2D eigenvalue weighted by Crippen LogP contribution is -1.95.